The Labute approximate surface area is 101 Å². The maximum absolute atomic E-state index is 12.4. The van der Waals surface area contributed by atoms with E-state index in [0.29, 0.717) is 16.4 Å². The van der Waals surface area contributed by atoms with E-state index in [1.807, 2.05) is 0 Å². The topological polar surface area (TPSA) is 90.7 Å². The first-order valence-corrected chi connectivity index (χ1v) is 5.37. The maximum Gasteiger partial charge on any atom is 0.433 e. The van der Waals surface area contributed by atoms with E-state index in [9.17, 15) is 22.2 Å². The summed E-state index contributed by atoms with van der Waals surface area (Å²) in [6, 6.07) is 1.16. The number of pyridine rings is 1. The van der Waals surface area contributed by atoms with Gasteiger partial charge in [0.2, 0.25) is 0 Å². The summed E-state index contributed by atoms with van der Waals surface area (Å²) in [5.41, 5.74) is -1.95. The van der Waals surface area contributed by atoms with Crippen LogP contribution in [0.3, 0.4) is 0 Å². The molecular weight excluding hydrogens is 277 g/mol. The second-order valence-electron chi connectivity index (χ2n) is 3.10. The van der Waals surface area contributed by atoms with Crippen LogP contribution in [0.15, 0.2) is 12.1 Å². The number of carbonyl (C=O) groups is 1. The van der Waals surface area contributed by atoms with Crippen LogP contribution < -0.4 is 4.31 Å². The maximum atomic E-state index is 12.4. The number of carboxylic acids is 1. The molecule has 0 saturated carbocycles. The van der Waals surface area contributed by atoms with Gasteiger partial charge in [-0.25, -0.2) is 14.0 Å². The van der Waals surface area contributed by atoms with E-state index >= 15 is 0 Å². The summed E-state index contributed by atoms with van der Waals surface area (Å²) in [6.07, 6.45) is -4.77. The molecule has 0 aliphatic heterocycles. The van der Waals surface area contributed by atoms with E-state index in [1.54, 1.807) is 0 Å². The Morgan fingerprint density at radius 1 is 1.44 bits per heavy atom. The highest BCUT2D eigenvalue weighted by molar-refractivity contribution is 7.80. The van der Waals surface area contributed by atoms with E-state index in [4.69, 9.17) is 9.66 Å². The lowest BCUT2D eigenvalue weighted by atomic mass is 10.2. The first-order chi connectivity index (χ1) is 8.14. The lowest BCUT2D eigenvalue weighted by Gasteiger charge is -2.16. The molecule has 18 heavy (non-hydrogen) atoms. The van der Waals surface area contributed by atoms with Crippen LogP contribution in [-0.4, -0.2) is 31.9 Å². The molecule has 1 aromatic heterocycles. The second kappa shape index (κ2) is 4.90. The van der Waals surface area contributed by atoms with E-state index < -0.39 is 40.5 Å². The van der Waals surface area contributed by atoms with Gasteiger partial charge < -0.3 is 5.11 Å². The average Bonchev–Trinajstić information content (AvgIpc) is 2.25. The quantitative estimate of drug-likeness (QED) is 0.818. The Balaban J connectivity index is 3.42. The van der Waals surface area contributed by atoms with Gasteiger partial charge in [-0.15, -0.1) is 0 Å². The van der Waals surface area contributed by atoms with Crippen molar-refractivity contribution >= 4 is 23.1 Å². The van der Waals surface area contributed by atoms with E-state index in [0.717, 1.165) is 7.05 Å². The molecule has 6 nitrogen and oxygen atoms in total. The normalized spacial score (nSPS) is 13.2. The van der Waals surface area contributed by atoms with Gasteiger partial charge in [0, 0.05) is 7.05 Å². The molecule has 1 aromatic rings. The third-order valence-corrected chi connectivity index (χ3v) is 2.57. The summed E-state index contributed by atoms with van der Waals surface area (Å²) < 4.78 is 57.1. The number of hydrogen-bond acceptors (Lipinski definition) is 3. The zero-order valence-corrected chi connectivity index (χ0v) is 9.62. The first kappa shape index (κ1) is 14.4. The van der Waals surface area contributed by atoms with Gasteiger partial charge in [0.15, 0.2) is 5.82 Å². The Morgan fingerprint density at radius 3 is 2.39 bits per heavy atom. The van der Waals surface area contributed by atoms with Crippen LogP contribution in [0, 0.1) is 0 Å². The van der Waals surface area contributed by atoms with Crippen molar-refractivity contribution < 1.29 is 31.8 Å². The summed E-state index contributed by atoms with van der Waals surface area (Å²) in [6.45, 7) is 0. The summed E-state index contributed by atoms with van der Waals surface area (Å²) in [7, 11) is 0.949. The van der Waals surface area contributed by atoms with Crippen LogP contribution in [0.5, 0.6) is 0 Å². The molecule has 0 amide bonds. The Kier molecular flexibility index (Phi) is 3.92. The number of carboxylic acid groups (broad SMARTS) is 1. The Hall–Kier alpha value is -1.68. The molecule has 0 aliphatic rings. The zero-order chi connectivity index (χ0) is 14.1. The molecule has 2 N–H and O–H groups in total. The van der Waals surface area contributed by atoms with Gasteiger partial charge >= 0.3 is 12.1 Å². The zero-order valence-electron chi connectivity index (χ0n) is 8.80. The van der Waals surface area contributed by atoms with E-state index in [-0.39, 0.29) is 0 Å². The summed E-state index contributed by atoms with van der Waals surface area (Å²) in [5, 5.41) is 8.76. The summed E-state index contributed by atoms with van der Waals surface area (Å²) >= 11 is -2.68. The first-order valence-electron chi connectivity index (χ1n) is 4.31. The molecular formula is C8H7F3N2O4S. The van der Waals surface area contributed by atoms with Crippen molar-refractivity contribution in [1.29, 1.82) is 0 Å². The highest BCUT2D eigenvalue weighted by Crippen LogP contribution is 2.30. The largest absolute Gasteiger partial charge is 0.478 e. The molecule has 0 aliphatic carbocycles. The van der Waals surface area contributed by atoms with Gasteiger partial charge in [0.25, 0.3) is 11.3 Å². The Morgan fingerprint density at radius 2 is 2.00 bits per heavy atom. The third kappa shape index (κ3) is 2.96. The number of halogens is 3. The van der Waals surface area contributed by atoms with Gasteiger partial charge in [-0.2, -0.15) is 13.2 Å². The van der Waals surface area contributed by atoms with Crippen molar-refractivity contribution in [3.8, 4) is 0 Å². The lowest BCUT2D eigenvalue weighted by molar-refractivity contribution is -0.141. The van der Waals surface area contributed by atoms with E-state index in [2.05, 4.69) is 4.98 Å². The van der Waals surface area contributed by atoms with Crippen LogP contribution >= 0.6 is 0 Å². The fourth-order valence-corrected chi connectivity index (χ4v) is 1.37. The van der Waals surface area contributed by atoms with Crippen molar-refractivity contribution in [1.82, 2.24) is 4.98 Å². The molecule has 0 aromatic carbocycles. The summed E-state index contributed by atoms with van der Waals surface area (Å²) in [4.78, 5) is 13.8. The molecule has 1 atom stereocenters. The minimum atomic E-state index is -4.77. The van der Waals surface area contributed by atoms with Crippen molar-refractivity contribution in [2.75, 3.05) is 11.4 Å². The van der Waals surface area contributed by atoms with Crippen molar-refractivity contribution in [2.24, 2.45) is 0 Å². The van der Waals surface area contributed by atoms with Gasteiger partial charge in [-0.05, 0) is 12.1 Å². The number of alkyl halides is 3. The number of nitrogens with zero attached hydrogens (tertiary/aromatic N) is 2. The predicted octanol–water partition coefficient (Wildman–Crippen LogP) is 1.37. The molecule has 10 heteroatoms. The fraction of sp³-hybridized carbons (Fsp3) is 0.250. The smallest absolute Gasteiger partial charge is 0.433 e. The number of hydrogen-bond donors (Lipinski definition) is 2. The highest BCUT2D eigenvalue weighted by Gasteiger charge is 2.34. The summed E-state index contributed by atoms with van der Waals surface area (Å²) in [5.74, 6) is -2.29. The molecule has 0 spiro atoms. The molecule has 1 rings (SSSR count). The lowest BCUT2D eigenvalue weighted by Crippen LogP contribution is -2.24. The fourth-order valence-electron chi connectivity index (χ4n) is 1.09. The van der Waals surface area contributed by atoms with Gasteiger partial charge in [0.05, 0.1) is 0 Å². The number of aromatic nitrogens is 1. The number of anilines is 1. The van der Waals surface area contributed by atoms with Crippen molar-refractivity contribution in [2.45, 2.75) is 6.18 Å². The number of aromatic carboxylic acids is 1. The standard InChI is InChI=1S/C8H7F3N2O4S/c1-13(18(16)17)6-4(7(14)15)2-3-5(12-6)8(9,10)11/h2-3H,1H3,(H,14,15)(H,16,17). The highest BCUT2D eigenvalue weighted by atomic mass is 32.2. The van der Waals surface area contributed by atoms with Gasteiger partial charge in [0.1, 0.15) is 11.3 Å². The van der Waals surface area contributed by atoms with Gasteiger partial charge in [-0.3, -0.25) is 8.86 Å². The second-order valence-corrected chi connectivity index (χ2v) is 4.11. The number of rotatable bonds is 3. The van der Waals surface area contributed by atoms with Crippen LogP contribution in [0.25, 0.3) is 0 Å². The molecule has 0 bridgehead atoms. The van der Waals surface area contributed by atoms with Crippen LogP contribution in [0.4, 0.5) is 19.0 Å². The molecule has 0 saturated heterocycles. The molecule has 1 unspecified atom stereocenters. The molecule has 0 fully saturated rings. The predicted molar refractivity (Wildman–Crippen MR) is 55.4 cm³/mol. The SMILES string of the molecule is CN(c1nc(C(F)(F)F)ccc1C(=O)O)S(=O)O. The minimum Gasteiger partial charge on any atom is -0.478 e. The molecule has 0 radical (unpaired) electrons. The van der Waals surface area contributed by atoms with Crippen molar-refractivity contribution in [3.63, 3.8) is 0 Å². The van der Waals surface area contributed by atoms with Gasteiger partial charge in [-0.1, -0.05) is 0 Å². The minimum absolute atomic E-state index is 0.415. The van der Waals surface area contributed by atoms with Crippen LogP contribution in [-0.2, 0) is 17.4 Å². The Bertz CT molecular complexity index is 506. The van der Waals surface area contributed by atoms with Crippen molar-refractivity contribution in [3.05, 3.63) is 23.4 Å². The average molecular weight is 284 g/mol. The third-order valence-electron chi connectivity index (χ3n) is 1.93. The van der Waals surface area contributed by atoms with Crippen LogP contribution in [0.1, 0.15) is 16.1 Å². The molecule has 1 heterocycles. The monoisotopic (exact) mass is 284 g/mol. The van der Waals surface area contributed by atoms with E-state index in [1.165, 1.54) is 0 Å². The van der Waals surface area contributed by atoms with Crippen LogP contribution in [0.2, 0.25) is 0 Å². The molecule has 100 valence electrons.